The van der Waals surface area contributed by atoms with Crippen molar-refractivity contribution in [3.63, 3.8) is 0 Å². The summed E-state index contributed by atoms with van der Waals surface area (Å²) < 4.78 is 0. The molecule has 0 aromatic carbocycles. The minimum absolute atomic E-state index is 0.184. The first-order chi connectivity index (χ1) is 8.27. The number of carbonyl (C=O) groups excluding carboxylic acids is 1. The van der Waals surface area contributed by atoms with E-state index in [1.807, 2.05) is 4.90 Å². The van der Waals surface area contributed by atoms with E-state index in [4.69, 9.17) is 0 Å². The van der Waals surface area contributed by atoms with Gasteiger partial charge < -0.3 is 10.2 Å². The average molecular weight is 238 g/mol. The largest absolute Gasteiger partial charge is 0.335 e. The van der Waals surface area contributed by atoms with Gasteiger partial charge in [0, 0.05) is 19.1 Å². The molecule has 2 aliphatic rings. The van der Waals surface area contributed by atoms with Crippen LogP contribution < -0.4 is 5.32 Å². The normalized spacial score (nSPS) is 30.8. The number of piperidine rings is 1. The van der Waals surface area contributed by atoms with Crippen molar-refractivity contribution in [1.82, 2.24) is 10.2 Å². The monoisotopic (exact) mass is 238 g/mol. The van der Waals surface area contributed by atoms with Gasteiger partial charge >= 0.3 is 6.03 Å². The zero-order valence-electron chi connectivity index (χ0n) is 11.1. The summed E-state index contributed by atoms with van der Waals surface area (Å²) in [6, 6.07) is 0.593. The number of nitrogens with zero attached hydrogens (tertiary/aromatic N) is 1. The Bertz CT molecular complexity index is 249. The molecule has 2 amide bonds. The third-order valence-electron chi connectivity index (χ3n) is 4.31. The molecule has 1 heterocycles. The van der Waals surface area contributed by atoms with E-state index in [9.17, 15) is 4.79 Å². The highest BCUT2D eigenvalue weighted by Gasteiger charge is 2.24. The molecule has 1 aliphatic heterocycles. The van der Waals surface area contributed by atoms with Crippen LogP contribution in [0.2, 0.25) is 0 Å². The molecule has 3 heteroatoms. The summed E-state index contributed by atoms with van der Waals surface area (Å²) in [5.41, 5.74) is 0. The average Bonchev–Trinajstić information content (AvgIpc) is 2.56. The third-order valence-corrected chi connectivity index (χ3v) is 4.31. The molecule has 1 saturated heterocycles. The molecule has 17 heavy (non-hydrogen) atoms. The maximum Gasteiger partial charge on any atom is 0.317 e. The van der Waals surface area contributed by atoms with Gasteiger partial charge in [-0.2, -0.15) is 0 Å². The van der Waals surface area contributed by atoms with Crippen molar-refractivity contribution >= 4 is 6.03 Å². The molecule has 0 aromatic rings. The summed E-state index contributed by atoms with van der Waals surface area (Å²) in [5, 5.41) is 3.27. The Hall–Kier alpha value is -0.730. The van der Waals surface area contributed by atoms with Gasteiger partial charge in [0.1, 0.15) is 0 Å². The summed E-state index contributed by atoms with van der Waals surface area (Å²) >= 11 is 0. The van der Waals surface area contributed by atoms with Crippen LogP contribution in [0.15, 0.2) is 0 Å². The van der Waals surface area contributed by atoms with Crippen LogP contribution in [0.3, 0.4) is 0 Å². The molecule has 1 aliphatic carbocycles. The predicted molar refractivity (Wildman–Crippen MR) is 70.0 cm³/mol. The topological polar surface area (TPSA) is 32.3 Å². The minimum Gasteiger partial charge on any atom is -0.335 e. The number of nitrogens with one attached hydrogen (secondary N) is 1. The van der Waals surface area contributed by atoms with Crippen molar-refractivity contribution in [2.45, 2.75) is 64.3 Å². The molecule has 1 N–H and O–H groups in total. The van der Waals surface area contributed by atoms with E-state index >= 15 is 0 Å². The fourth-order valence-corrected chi connectivity index (χ4v) is 3.05. The SMILES string of the molecule is CC1CCCCCC1NC(=O)N1CCCCC1. The second-order valence-corrected chi connectivity index (χ2v) is 5.72. The van der Waals surface area contributed by atoms with Crippen molar-refractivity contribution in [2.75, 3.05) is 13.1 Å². The third kappa shape index (κ3) is 3.62. The maximum atomic E-state index is 12.1. The molecule has 0 spiro atoms. The van der Waals surface area contributed by atoms with Gasteiger partial charge in [0.2, 0.25) is 0 Å². The number of carbonyl (C=O) groups is 1. The van der Waals surface area contributed by atoms with Crippen LogP contribution in [0.4, 0.5) is 4.79 Å². The van der Waals surface area contributed by atoms with Gasteiger partial charge in [0.05, 0.1) is 0 Å². The van der Waals surface area contributed by atoms with Crippen LogP contribution in [-0.4, -0.2) is 30.1 Å². The van der Waals surface area contributed by atoms with E-state index in [1.54, 1.807) is 0 Å². The number of hydrogen-bond donors (Lipinski definition) is 1. The number of rotatable bonds is 1. The Labute approximate surface area is 105 Å². The molecule has 98 valence electrons. The molecule has 2 fully saturated rings. The van der Waals surface area contributed by atoms with Gasteiger partial charge in [-0.15, -0.1) is 0 Å². The van der Waals surface area contributed by atoms with Crippen LogP contribution >= 0.6 is 0 Å². The summed E-state index contributed by atoms with van der Waals surface area (Å²) in [6.07, 6.45) is 10.0. The quantitative estimate of drug-likeness (QED) is 0.699. The molecule has 2 atom stereocenters. The lowest BCUT2D eigenvalue weighted by Gasteiger charge is -2.30. The summed E-state index contributed by atoms with van der Waals surface area (Å²) in [4.78, 5) is 14.1. The number of urea groups is 1. The Kier molecular flexibility index (Phi) is 4.69. The molecule has 0 aromatic heterocycles. The van der Waals surface area contributed by atoms with Crippen LogP contribution in [-0.2, 0) is 0 Å². The smallest absolute Gasteiger partial charge is 0.317 e. The molecule has 0 bridgehead atoms. The Morgan fingerprint density at radius 2 is 1.65 bits per heavy atom. The number of hydrogen-bond acceptors (Lipinski definition) is 1. The zero-order valence-corrected chi connectivity index (χ0v) is 11.1. The highest BCUT2D eigenvalue weighted by Crippen LogP contribution is 2.23. The van der Waals surface area contributed by atoms with Gasteiger partial charge in [0.25, 0.3) is 0 Å². The van der Waals surface area contributed by atoms with Crippen LogP contribution in [0.25, 0.3) is 0 Å². The summed E-state index contributed by atoms with van der Waals surface area (Å²) in [5.74, 6) is 0.645. The fourth-order valence-electron chi connectivity index (χ4n) is 3.05. The van der Waals surface area contributed by atoms with Gasteiger partial charge in [0.15, 0.2) is 0 Å². The molecule has 1 saturated carbocycles. The molecular formula is C14H26N2O. The van der Waals surface area contributed by atoms with Crippen molar-refractivity contribution < 1.29 is 4.79 Å². The lowest BCUT2D eigenvalue weighted by Crippen LogP contribution is -2.48. The first-order valence-electron chi connectivity index (χ1n) is 7.33. The van der Waals surface area contributed by atoms with Gasteiger partial charge in [-0.25, -0.2) is 4.79 Å². The zero-order chi connectivity index (χ0) is 12.1. The standard InChI is InChI=1S/C14H26N2O/c1-12-8-4-2-5-9-13(12)15-14(17)16-10-6-3-7-11-16/h12-13H,2-11H2,1H3,(H,15,17). The molecule has 2 unspecified atom stereocenters. The lowest BCUT2D eigenvalue weighted by molar-refractivity contribution is 0.177. The highest BCUT2D eigenvalue weighted by molar-refractivity contribution is 5.74. The Morgan fingerprint density at radius 3 is 2.41 bits per heavy atom. The van der Waals surface area contributed by atoms with E-state index in [2.05, 4.69) is 12.2 Å². The summed E-state index contributed by atoms with van der Waals surface area (Å²) in [7, 11) is 0. The lowest BCUT2D eigenvalue weighted by atomic mass is 9.97. The predicted octanol–water partition coefficient (Wildman–Crippen LogP) is 3.15. The first-order valence-corrected chi connectivity index (χ1v) is 7.33. The molecule has 3 nitrogen and oxygen atoms in total. The molecular weight excluding hydrogens is 212 g/mol. The minimum atomic E-state index is 0.184. The van der Waals surface area contributed by atoms with E-state index in [0.717, 1.165) is 13.1 Å². The van der Waals surface area contributed by atoms with Gasteiger partial charge in [-0.3, -0.25) is 0 Å². The Balaban J connectivity index is 1.83. The van der Waals surface area contributed by atoms with Gasteiger partial charge in [-0.1, -0.05) is 26.2 Å². The second kappa shape index (κ2) is 6.27. The van der Waals surface area contributed by atoms with E-state index in [-0.39, 0.29) is 6.03 Å². The van der Waals surface area contributed by atoms with Crippen molar-refractivity contribution in [3.05, 3.63) is 0 Å². The van der Waals surface area contributed by atoms with E-state index < -0.39 is 0 Å². The fraction of sp³-hybridized carbons (Fsp3) is 0.929. The number of amides is 2. The first kappa shape index (κ1) is 12.7. The second-order valence-electron chi connectivity index (χ2n) is 5.72. The molecule has 0 radical (unpaired) electrons. The van der Waals surface area contributed by atoms with Gasteiger partial charge in [-0.05, 0) is 38.0 Å². The van der Waals surface area contributed by atoms with E-state index in [1.165, 1.54) is 51.4 Å². The number of likely N-dealkylation sites (tertiary alicyclic amines) is 1. The maximum absolute atomic E-state index is 12.1. The Morgan fingerprint density at radius 1 is 1.00 bits per heavy atom. The van der Waals surface area contributed by atoms with Crippen LogP contribution in [0, 0.1) is 5.92 Å². The van der Waals surface area contributed by atoms with Crippen molar-refractivity contribution in [2.24, 2.45) is 5.92 Å². The van der Waals surface area contributed by atoms with Crippen molar-refractivity contribution in [3.8, 4) is 0 Å². The van der Waals surface area contributed by atoms with E-state index in [0.29, 0.717) is 12.0 Å². The van der Waals surface area contributed by atoms with Crippen molar-refractivity contribution in [1.29, 1.82) is 0 Å². The van der Waals surface area contributed by atoms with Crippen LogP contribution in [0.5, 0.6) is 0 Å². The highest BCUT2D eigenvalue weighted by atomic mass is 16.2. The molecule has 2 rings (SSSR count). The summed E-state index contributed by atoms with van der Waals surface area (Å²) in [6.45, 7) is 4.19. The van der Waals surface area contributed by atoms with Crippen LogP contribution in [0.1, 0.15) is 58.3 Å².